The van der Waals surface area contributed by atoms with E-state index in [1.807, 2.05) is 55.5 Å². The van der Waals surface area contributed by atoms with Crippen molar-refractivity contribution in [2.45, 2.75) is 40.4 Å². The van der Waals surface area contributed by atoms with Crippen molar-refractivity contribution in [2.75, 3.05) is 0 Å². The van der Waals surface area contributed by atoms with E-state index in [0.717, 1.165) is 21.9 Å². The molecule has 0 amide bonds. The van der Waals surface area contributed by atoms with Crippen LogP contribution >= 0.6 is 0 Å². The number of hydrogen-bond acceptors (Lipinski definition) is 1. The van der Waals surface area contributed by atoms with Gasteiger partial charge in [-0.1, -0.05) is 68.4 Å². The molecule has 0 radical (unpaired) electrons. The fourth-order valence-corrected chi connectivity index (χ4v) is 4.65. The highest BCUT2D eigenvalue weighted by Gasteiger charge is 2.26. The van der Waals surface area contributed by atoms with Gasteiger partial charge in [0.15, 0.2) is 11.4 Å². The summed E-state index contributed by atoms with van der Waals surface area (Å²) in [5.41, 5.74) is 5.92. The maximum absolute atomic E-state index is 9.27. The van der Waals surface area contributed by atoms with E-state index in [4.69, 9.17) is 16.5 Å². The maximum atomic E-state index is 9.27. The van der Waals surface area contributed by atoms with E-state index >= 15 is 0 Å². The molecule has 0 aliphatic rings. The number of aryl methyl sites for hydroxylation is 1. The van der Waals surface area contributed by atoms with Crippen LogP contribution < -0.4 is 4.57 Å². The molecule has 3 heteroatoms. The minimum atomic E-state index is -2.48. The SMILES string of the molecule is [2H]c1c(C([2H])(C)C)c(C([2H])([2H])[2H])c(C)[n+](C)c1-c1c(C)ccc2c1oc1c(-c3ccccc3)c([N+]#[C-])ccc12. The lowest BCUT2D eigenvalue weighted by Gasteiger charge is -2.14. The average Bonchev–Trinajstić information content (AvgIpc) is 3.24. The van der Waals surface area contributed by atoms with Crippen LogP contribution in [-0.4, -0.2) is 0 Å². The van der Waals surface area contributed by atoms with Gasteiger partial charge in [0.1, 0.15) is 18.2 Å². The number of benzene rings is 3. The Kier molecular flexibility index (Phi) is 4.00. The first-order chi connectivity index (χ1) is 18.3. The summed E-state index contributed by atoms with van der Waals surface area (Å²) >= 11 is 0. The monoisotopic (exact) mass is 450 g/mol. The smallest absolute Gasteiger partial charge is 0.216 e. The molecule has 5 aromatic rings. The Bertz CT molecular complexity index is 1820. The summed E-state index contributed by atoms with van der Waals surface area (Å²) in [5.74, 6) is -1.32. The zero-order chi connectivity index (χ0) is 28.4. The predicted octanol–water partition coefficient (Wildman–Crippen LogP) is 8.34. The zero-order valence-corrected chi connectivity index (χ0v) is 20.0. The predicted molar refractivity (Wildman–Crippen MR) is 140 cm³/mol. The number of rotatable bonds is 3. The minimum absolute atomic E-state index is 0.00425. The Morgan fingerprint density at radius 3 is 2.32 bits per heavy atom. The first-order valence-electron chi connectivity index (χ1n) is 13.7. The van der Waals surface area contributed by atoms with Gasteiger partial charge in [-0.2, -0.15) is 4.57 Å². The molecule has 34 heavy (non-hydrogen) atoms. The molecular weight excluding hydrogens is 416 g/mol. The molecule has 3 nitrogen and oxygen atoms in total. The molecule has 5 rings (SSSR count). The summed E-state index contributed by atoms with van der Waals surface area (Å²) < 4.78 is 51.0. The Morgan fingerprint density at radius 1 is 1.00 bits per heavy atom. The molecule has 0 unspecified atom stereocenters. The van der Waals surface area contributed by atoms with E-state index in [1.54, 1.807) is 38.5 Å². The molecule has 168 valence electrons. The molecule has 2 heterocycles. The first-order valence-corrected chi connectivity index (χ1v) is 11.2. The van der Waals surface area contributed by atoms with Crippen LogP contribution in [-0.2, 0) is 7.05 Å². The molecule has 0 fully saturated rings. The Hall–Kier alpha value is -3.90. The lowest BCUT2D eigenvalue weighted by atomic mass is 9.93. The highest BCUT2D eigenvalue weighted by atomic mass is 16.3. The van der Waals surface area contributed by atoms with Gasteiger partial charge in [-0.05, 0) is 36.4 Å². The van der Waals surface area contributed by atoms with Gasteiger partial charge < -0.3 is 4.42 Å². The van der Waals surface area contributed by atoms with E-state index in [0.29, 0.717) is 39.4 Å². The molecule has 0 saturated heterocycles. The number of fused-ring (bicyclic) bond motifs is 3. The summed E-state index contributed by atoms with van der Waals surface area (Å²) in [4.78, 5) is 3.76. The number of aromatic nitrogens is 1. The maximum Gasteiger partial charge on any atom is 0.216 e. The second kappa shape index (κ2) is 8.15. The normalized spacial score (nSPS) is 14.3. The summed E-state index contributed by atoms with van der Waals surface area (Å²) in [6.07, 6.45) is 0. The fourth-order valence-electron chi connectivity index (χ4n) is 4.65. The van der Waals surface area contributed by atoms with E-state index in [9.17, 15) is 1.37 Å². The van der Waals surface area contributed by atoms with Crippen molar-refractivity contribution in [1.29, 1.82) is 0 Å². The van der Waals surface area contributed by atoms with Crippen molar-refractivity contribution in [3.63, 3.8) is 0 Å². The van der Waals surface area contributed by atoms with Crippen molar-refractivity contribution < 1.29 is 15.8 Å². The fraction of sp³-hybridized carbons (Fsp3) is 0.226. The van der Waals surface area contributed by atoms with Crippen LogP contribution in [0.4, 0.5) is 5.69 Å². The van der Waals surface area contributed by atoms with E-state index in [2.05, 4.69) is 4.85 Å². The minimum Gasteiger partial charge on any atom is -0.456 e. The molecule has 0 spiro atoms. The van der Waals surface area contributed by atoms with Gasteiger partial charge in [0.2, 0.25) is 5.69 Å². The average molecular weight is 451 g/mol. The number of nitrogens with zero attached hydrogens (tertiary/aromatic N) is 2. The van der Waals surface area contributed by atoms with Gasteiger partial charge in [-0.25, -0.2) is 4.85 Å². The van der Waals surface area contributed by atoms with Crippen LogP contribution in [0.25, 0.3) is 49.2 Å². The van der Waals surface area contributed by atoms with Crippen LogP contribution in [0.1, 0.15) is 49.0 Å². The third kappa shape index (κ3) is 3.22. The molecular formula is C31H29N2O+. The molecule has 0 atom stereocenters. The quantitative estimate of drug-likeness (QED) is 0.200. The second-order valence-corrected chi connectivity index (χ2v) is 8.92. The lowest BCUT2D eigenvalue weighted by molar-refractivity contribution is -0.667. The van der Waals surface area contributed by atoms with Crippen LogP contribution in [0.15, 0.2) is 65.1 Å². The van der Waals surface area contributed by atoms with E-state index in [-0.39, 0.29) is 17.2 Å². The molecule has 0 N–H and O–H groups in total. The third-order valence-corrected chi connectivity index (χ3v) is 6.61. The summed E-state index contributed by atoms with van der Waals surface area (Å²) in [5, 5.41) is 1.69. The van der Waals surface area contributed by atoms with Crippen molar-refractivity contribution in [1.82, 2.24) is 0 Å². The topological polar surface area (TPSA) is 21.4 Å². The largest absolute Gasteiger partial charge is 0.456 e. The number of hydrogen-bond donors (Lipinski definition) is 0. The Balaban J connectivity index is 1.96. The van der Waals surface area contributed by atoms with Crippen molar-refractivity contribution in [3.05, 3.63) is 94.4 Å². The van der Waals surface area contributed by atoms with Crippen LogP contribution in [0.5, 0.6) is 0 Å². The van der Waals surface area contributed by atoms with Crippen LogP contribution in [0.2, 0.25) is 0 Å². The molecule has 0 aliphatic heterocycles. The van der Waals surface area contributed by atoms with Gasteiger partial charge in [-0.3, -0.25) is 0 Å². The third-order valence-electron chi connectivity index (χ3n) is 6.61. The van der Waals surface area contributed by atoms with Gasteiger partial charge in [0.25, 0.3) is 0 Å². The zero-order valence-electron chi connectivity index (χ0n) is 25.0. The van der Waals surface area contributed by atoms with Gasteiger partial charge in [-0.15, -0.1) is 0 Å². The Morgan fingerprint density at radius 2 is 1.68 bits per heavy atom. The standard InChI is InChI=1S/C31H29N2O/c1-18(2)25-17-27(33(7)21(5)20(25)4)28-19(3)13-14-23-24-15-16-26(32-6)29(31(24)34-30(23)28)22-11-9-8-10-12-22/h8-18H,1-5,7H3/q+1/i4D3,17D,18D. The molecule has 3 aromatic carbocycles. The van der Waals surface area contributed by atoms with Gasteiger partial charge >= 0.3 is 0 Å². The Labute approximate surface area is 208 Å². The molecule has 0 aliphatic carbocycles. The van der Waals surface area contributed by atoms with Crippen molar-refractivity contribution in [2.24, 2.45) is 7.05 Å². The molecule has 0 bridgehead atoms. The highest BCUT2D eigenvalue weighted by molar-refractivity contribution is 6.15. The van der Waals surface area contributed by atoms with Crippen molar-refractivity contribution in [3.8, 4) is 22.4 Å². The van der Waals surface area contributed by atoms with E-state index in [1.165, 1.54) is 0 Å². The number of furan rings is 1. The first kappa shape index (κ1) is 16.7. The summed E-state index contributed by atoms with van der Waals surface area (Å²) in [7, 11) is 1.76. The number of pyridine rings is 1. The lowest BCUT2D eigenvalue weighted by Crippen LogP contribution is -2.36. The molecule has 0 saturated carbocycles. The molecule has 2 aromatic heterocycles. The van der Waals surface area contributed by atoms with E-state index < -0.39 is 12.7 Å². The van der Waals surface area contributed by atoms with Crippen LogP contribution in [0.3, 0.4) is 0 Å². The van der Waals surface area contributed by atoms with Gasteiger partial charge in [0, 0.05) is 40.3 Å². The summed E-state index contributed by atoms with van der Waals surface area (Å²) in [6, 6.07) is 17.3. The van der Waals surface area contributed by atoms with Crippen molar-refractivity contribution >= 4 is 27.6 Å². The highest BCUT2D eigenvalue weighted by Crippen LogP contribution is 2.44. The van der Waals surface area contributed by atoms with Crippen LogP contribution in [0, 0.1) is 27.3 Å². The second-order valence-electron chi connectivity index (χ2n) is 8.92. The van der Waals surface area contributed by atoms with Gasteiger partial charge in [0.05, 0.1) is 13.5 Å². The summed E-state index contributed by atoms with van der Waals surface area (Å²) in [6.45, 7) is 12.2.